The molecule has 1 atom stereocenters. The molecule has 1 unspecified atom stereocenters. The molecule has 1 aliphatic rings. The van der Waals surface area contributed by atoms with Gasteiger partial charge in [-0.1, -0.05) is 67.9 Å². The van der Waals surface area contributed by atoms with Crippen molar-refractivity contribution < 1.29 is 8.42 Å². The van der Waals surface area contributed by atoms with Gasteiger partial charge in [0.2, 0.25) is 10.0 Å². The van der Waals surface area contributed by atoms with E-state index in [4.69, 9.17) is 9.97 Å². The van der Waals surface area contributed by atoms with Gasteiger partial charge in [0, 0.05) is 38.1 Å². The summed E-state index contributed by atoms with van der Waals surface area (Å²) in [5, 5.41) is 4.49. The Morgan fingerprint density at radius 3 is 2.26 bits per heavy atom. The van der Waals surface area contributed by atoms with Crippen LogP contribution in [-0.4, -0.2) is 53.8 Å². The Labute approximate surface area is 232 Å². The summed E-state index contributed by atoms with van der Waals surface area (Å²) in [4.78, 5) is 12.5. The highest BCUT2D eigenvalue weighted by Crippen LogP contribution is 2.27. The van der Waals surface area contributed by atoms with Gasteiger partial charge < -0.3 is 5.32 Å². The first-order valence-electron chi connectivity index (χ1n) is 13.8. The first-order chi connectivity index (χ1) is 19.0. The van der Waals surface area contributed by atoms with E-state index in [0.29, 0.717) is 37.6 Å². The van der Waals surface area contributed by atoms with Crippen molar-refractivity contribution in [3.8, 4) is 0 Å². The van der Waals surface area contributed by atoms with Crippen molar-refractivity contribution in [2.75, 3.05) is 31.5 Å². The molecule has 1 saturated heterocycles. The largest absolute Gasteiger partial charge is 0.365 e. The maximum atomic E-state index is 13.3. The predicted molar refractivity (Wildman–Crippen MR) is 157 cm³/mol. The van der Waals surface area contributed by atoms with Gasteiger partial charge in [-0.2, -0.15) is 4.31 Å². The van der Waals surface area contributed by atoms with Crippen LogP contribution in [0.1, 0.15) is 49.7 Å². The van der Waals surface area contributed by atoms with Crippen molar-refractivity contribution >= 4 is 26.7 Å². The molecule has 0 amide bonds. The summed E-state index contributed by atoms with van der Waals surface area (Å²) in [7, 11) is -3.52. The predicted octanol–water partition coefficient (Wildman–Crippen LogP) is 5.65. The highest BCUT2D eigenvalue weighted by molar-refractivity contribution is 7.89. The van der Waals surface area contributed by atoms with Crippen molar-refractivity contribution in [1.82, 2.24) is 19.2 Å². The Morgan fingerprint density at radius 1 is 0.846 bits per heavy atom. The van der Waals surface area contributed by atoms with Crippen LogP contribution in [0.15, 0.2) is 83.8 Å². The van der Waals surface area contributed by atoms with Crippen LogP contribution < -0.4 is 5.32 Å². The third-order valence-electron chi connectivity index (χ3n) is 7.50. The number of unbranched alkanes of at least 4 members (excludes halogenated alkanes) is 1. The van der Waals surface area contributed by atoms with E-state index >= 15 is 0 Å². The zero-order valence-corrected chi connectivity index (χ0v) is 23.6. The highest BCUT2D eigenvalue weighted by atomic mass is 32.2. The molecule has 0 aliphatic carbocycles. The summed E-state index contributed by atoms with van der Waals surface area (Å²) in [5.41, 5.74) is 3.26. The van der Waals surface area contributed by atoms with E-state index in [1.165, 1.54) is 11.1 Å². The fourth-order valence-electron chi connectivity index (χ4n) is 5.05. The Hall–Kier alpha value is -3.33. The van der Waals surface area contributed by atoms with E-state index in [1.807, 2.05) is 54.6 Å². The minimum atomic E-state index is -3.52. The van der Waals surface area contributed by atoms with E-state index in [-0.39, 0.29) is 6.04 Å². The number of sulfonamides is 1. The lowest BCUT2D eigenvalue weighted by atomic mass is 10.1. The van der Waals surface area contributed by atoms with Crippen molar-refractivity contribution in [2.24, 2.45) is 0 Å². The number of nitrogens with one attached hydrogen (secondary N) is 1. The topological polar surface area (TPSA) is 78.4 Å². The second-order valence-corrected chi connectivity index (χ2v) is 12.1. The average Bonchev–Trinajstić information content (AvgIpc) is 2.99. The lowest BCUT2D eigenvalue weighted by Gasteiger charge is -2.37. The van der Waals surface area contributed by atoms with Crippen LogP contribution in [0.3, 0.4) is 0 Å². The molecule has 4 aromatic rings. The normalized spacial score (nSPS) is 15.8. The minimum Gasteiger partial charge on any atom is -0.365 e. The van der Waals surface area contributed by atoms with Crippen LogP contribution in [0, 0.1) is 0 Å². The molecule has 8 heteroatoms. The Balaban J connectivity index is 1.28. The number of fused-ring (bicyclic) bond motifs is 1. The van der Waals surface area contributed by atoms with Crippen molar-refractivity contribution in [1.29, 1.82) is 0 Å². The zero-order chi connectivity index (χ0) is 27.2. The van der Waals surface area contributed by atoms with Crippen molar-refractivity contribution in [3.63, 3.8) is 0 Å². The number of piperazine rings is 1. The molecule has 7 nitrogen and oxygen atoms in total. The third kappa shape index (κ3) is 6.30. The highest BCUT2D eigenvalue weighted by Gasteiger charge is 2.31. The number of aryl methyl sites for hydroxylation is 1. The summed E-state index contributed by atoms with van der Waals surface area (Å²) in [6.45, 7) is 7.06. The monoisotopic (exact) mass is 543 g/mol. The van der Waals surface area contributed by atoms with Crippen LogP contribution in [0.4, 0.5) is 5.82 Å². The lowest BCUT2D eigenvalue weighted by Crippen LogP contribution is -2.49. The Kier molecular flexibility index (Phi) is 8.55. The molecular weight excluding hydrogens is 506 g/mol. The number of benzene rings is 3. The number of aromatic nitrogens is 2. The lowest BCUT2D eigenvalue weighted by molar-refractivity contribution is 0.141. The molecule has 5 rings (SSSR count). The second kappa shape index (κ2) is 12.2. The summed E-state index contributed by atoms with van der Waals surface area (Å²) >= 11 is 0. The number of hydrogen-bond acceptors (Lipinski definition) is 6. The van der Waals surface area contributed by atoms with Gasteiger partial charge in [-0.25, -0.2) is 18.4 Å². The van der Waals surface area contributed by atoms with Crippen LogP contribution >= 0.6 is 0 Å². The molecule has 1 aromatic heterocycles. The SMILES string of the molecule is CCCCc1ccc(S(=O)(=O)N2CCN(C(C)c3nc(NCc4ccccc4)c4ccccc4n3)CC2)cc1. The van der Waals surface area contributed by atoms with Gasteiger partial charge in [-0.05, 0) is 55.2 Å². The van der Waals surface area contributed by atoms with E-state index in [1.54, 1.807) is 16.4 Å². The minimum absolute atomic E-state index is 0.0467. The van der Waals surface area contributed by atoms with Gasteiger partial charge in [0.15, 0.2) is 0 Å². The van der Waals surface area contributed by atoms with Gasteiger partial charge in [0.25, 0.3) is 0 Å². The van der Waals surface area contributed by atoms with Crippen LogP contribution in [0.5, 0.6) is 0 Å². The molecule has 1 N–H and O–H groups in total. The van der Waals surface area contributed by atoms with Crippen LogP contribution in [0.2, 0.25) is 0 Å². The second-order valence-electron chi connectivity index (χ2n) is 10.2. The first-order valence-corrected chi connectivity index (χ1v) is 15.3. The molecule has 1 fully saturated rings. The number of rotatable bonds is 10. The van der Waals surface area contributed by atoms with Gasteiger partial charge in [0.05, 0.1) is 16.5 Å². The van der Waals surface area contributed by atoms with Gasteiger partial charge >= 0.3 is 0 Å². The Morgan fingerprint density at radius 2 is 1.54 bits per heavy atom. The van der Waals surface area contributed by atoms with E-state index in [2.05, 4.69) is 36.2 Å². The molecular formula is C31H37N5O2S. The van der Waals surface area contributed by atoms with E-state index < -0.39 is 10.0 Å². The number of hydrogen-bond donors (Lipinski definition) is 1. The molecule has 0 radical (unpaired) electrons. The van der Waals surface area contributed by atoms with Crippen molar-refractivity contribution in [2.45, 2.75) is 50.6 Å². The smallest absolute Gasteiger partial charge is 0.243 e. The van der Waals surface area contributed by atoms with Crippen LogP contribution in [0.25, 0.3) is 10.9 Å². The summed E-state index contributed by atoms with van der Waals surface area (Å²) in [6.07, 6.45) is 3.21. The molecule has 0 bridgehead atoms. The molecule has 3 aromatic carbocycles. The molecule has 2 heterocycles. The molecule has 0 saturated carbocycles. The standard InChI is InChI=1S/C31H37N5O2S/c1-3-4-10-25-15-17-27(18-16-25)39(37,38)36-21-19-35(20-22-36)24(2)30-33-29-14-9-8-13-28(29)31(34-30)32-23-26-11-6-5-7-12-26/h5-9,11-18,24H,3-4,10,19-23H2,1-2H3,(H,32,33,34). The van der Waals surface area contributed by atoms with E-state index in [0.717, 1.165) is 41.8 Å². The quantitative estimate of drug-likeness (QED) is 0.278. The number of nitrogens with zero attached hydrogens (tertiary/aromatic N) is 4. The van der Waals surface area contributed by atoms with Crippen LogP contribution in [-0.2, 0) is 23.0 Å². The fraction of sp³-hybridized carbons (Fsp3) is 0.355. The average molecular weight is 544 g/mol. The fourth-order valence-corrected chi connectivity index (χ4v) is 6.47. The van der Waals surface area contributed by atoms with Gasteiger partial charge in [-0.3, -0.25) is 4.90 Å². The maximum Gasteiger partial charge on any atom is 0.243 e. The van der Waals surface area contributed by atoms with Crippen molar-refractivity contribution in [3.05, 3.63) is 95.8 Å². The summed E-state index contributed by atoms with van der Waals surface area (Å²) in [5.74, 6) is 1.55. The first kappa shape index (κ1) is 27.2. The molecule has 0 spiro atoms. The summed E-state index contributed by atoms with van der Waals surface area (Å²) in [6, 6.07) is 25.7. The summed E-state index contributed by atoms with van der Waals surface area (Å²) < 4.78 is 28.2. The molecule has 1 aliphatic heterocycles. The Bertz CT molecular complexity index is 1480. The number of para-hydroxylation sites is 1. The molecule has 204 valence electrons. The molecule has 39 heavy (non-hydrogen) atoms. The van der Waals surface area contributed by atoms with Gasteiger partial charge in [-0.15, -0.1) is 0 Å². The number of anilines is 1. The zero-order valence-electron chi connectivity index (χ0n) is 22.8. The van der Waals surface area contributed by atoms with Gasteiger partial charge in [0.1, 0.15) is 11.6 Å². The maximum absolute atomic E-state index is 13.3. The van der Waals surface area contributed by atoms with E-state index in [9.17, 15) is 8.42 Å². The third-order valence-corrected chi connectivity index (χ3v) is 9.41.